The van der Waals surface area contributed by atoms with Gasteiger partial charge in [-0.2, -0.15) is 0 Å². The highest BCUT2D eigenvalue weighted by atomic mass is 19.1. The molecule has 5 heteroatoms. The molecule has 0 N–H and O–H groups in total. The Kier molecular flexibility index (Phi) is 7.09. The Hall–Kier alpha value is -2.95. The molecule has 2 rings (SSSR count). The number of hydroxylamine groups is 1. The summed E-state index contributed by atoms with van der Waals surface area (Å²) in [6, 6.07) is 18.0. The molecule has 0 aliphatic rings. The van der Waals surface area contributed by atoms with Crippen LogP contribution in [-0.4, -0.2) is 29.2 Å². The summed E-state index contributed by atoms with van der Waals surface area (Å²) in [6.45, 7) is 1.15. The van der Waals surface area contributed by atoms with Crippen molar-refractivity contribution in [2.24, 2.45) is 0 Å². The highest BCUT2D eigenvalue weighted by molar-refractivity contribution is 5.82. The molecule has 136 valence electrons. The van der Waals surface area contributed by atoms with Crippen molar-refractivity contribution in [3.05, 3.63) is 89.1 Å². The predicted molar refractivity (Wildman–Crippen MR) is 99.6 cm³/mol. The van der Waals surface area contributed by atoms with Crippen LogP contribution in [0.1, 0.15) is 18.1 Å². The number of carbonyl (C=O) groups excluding carboxylic acids is 1. The Labute approximate surface area is 152 Å². The summed E-state index contributed by atoms with van der Waals surface area (Å²) in [4.78, 5) is 11.5. The van der Waals surface area contributed by atoms with Crippen LogP contribution in [0.3, 0.4) is 0 Å². The summed E-state index contributed by atoms with van der Waals surface area (Å²) in [5.74, 6) is -0.642. The second kappa shape index (κ2) is 9.51. The van der Waals surface area contributed by atoms with Crippen LogP contribution in [-0.2, 0) is 22.5 Å². The maximum atomic E-state index is 15.4. The fraction of sp³-hybridized carbons (Fsp3) is 0.238. The van der Waals surface area contributed by atoms with E-state index in [0.717, 1.165) is 11.8 Å². The number of carbonyl (C=O) groups is 1. The van der Waals surface area contributed by atoms with E-state index in [2.05, 4.69) is 0 Å². The first-order valence-corrected chi connectivity index (χ1v) is 8.37. The van der Waals surface area contributed by atoms with Gasteiger partial charge < -0.3 is 9.94 Å². The summed E-state index contributed by atoms with van der Waals surface area (Å²) in [5, 5.41) is 12.3. The largest absolute Gasteiger partial charge is 0.624 e. The fourth-order valence-corrected chi connectivity index (χ4v) is 2.51. The molecule has 2 aromatic rings. The summed E-state index contributed by atoms with van der Waals surface area (Å²) in [5.41, 5.74) is -0.622. The molecule has 4 nitrogen and oxygen atoms in total. The lowest BCUT2D eigenvalue weighted by atomic mass is 9.98. The van der Waals surface area contributed by atoms with Crippen LogP contribution in [0.15, 0.2) is 72.8 Å². The van der Waals surface area contributed by atoms with E-state index in [1.807, 2.05) is 24.3 Å². The highest BCUT2D eigenvalue weighted by Gasteiger charge is 2.34. The lowest BCUT2D eigenvalue weighted by Gasteiger charge is -2.20. The molecule has 0 fully saturated rings. The molecule has 26 heavy (non-hydrogen) atoms. The third kappa shape index (κ3) is 6.51. The number of esters is 1. The van der Waals surface area contributed by atoms with Crippen LogP contribution >= 0.6 is 0 Å². The van der Waals surface area contributed by atoms with Gasteiger partial charge in [0.1, 0.15) is 6.61 Å². The Morgan fingerprint density at radius 1 is 1.12 bits per heavy atom. The van der Waals surface area contributed by atoms with E-state index >= 15 is 4.39 Å². The van der Waals surface area contributed by atoms with E-state index in [1.54, 1.807) is 43.3 Å². The van der Waals surface area contributed by atoms with E-state index < -0.39 is 18.2 Å². The van der Waals surface area contributed by atoms with E-state index in [4.69, 9.17) is 4.74 Å². The summed E-state index contributed by atoms with van der Waals surface area (Å²) < 4.78 is 20.9. The summed E-state index contributed by atoms with van der Waals surface area (Å²) in [6.07, 6.45) is 3.61. The molecule has 0 bridgehead atoms. The van der Waals surface area contributed by atoms with Gasteiger partial charge in [-0.15, -0.1) is 0 Å². The number of halogens is 1. The normalized spacial score (nSPS) is 14.2. The first-order chi connectivity index (χ1) is 12.5. The van der Waals surface area contributed by atoms with Crippen molar-refractivity contribution in [1.29, 1.82) is 0 Å². The van der Waals surface area contributed by atoms with Crippen molar-refractivity contribution in [1.82, 2.24) is 0 Å². The molecule has 0 unspecified atom stereocenters. The van der Waals surface area contributed by atoms with Gasteiger partial charge in [0, 0.05) is 18.1 Å². The van der Waals surface area contributed by atoms with Crippen molar-refractivity contribution >= 4 is 12.2 Å². The van der Waals surface area contributed by atoms with Crippen LogP contribution in [0.2, 0.25) is 0 Å². The van der Waals surface area contributed by atoms with Gasteiger partial charge in [-0.3, -0.25) is 0 Å². The molecule has 0 aliphatic heterocycles. The number of allylic oxidation sites excluding steroid dienone is 1. The molecule has 0 amide bonds. The average molecular weight is 355 g/mol. The number of rotatable bonds is 8. The van der Waals surface area contributed by atoms with E-state index in [1.165, 1.54) is 12.2 Å². The van der Waals surface area contributed by atoms with E-state index in [-0.39, 0.29) is 13.0 Å². The lowest BCUT2D eigenvalue weighted by Crippen LogP contribution is -2.37. The zero-order chi connectivity index (χ0) is 18.8. The van der Waals surface area contributed by atoms with E-state index in [9.17, 15) is 10.0 Å². The minimum absolute atomic E-state index is 0.0180. The average Bonchev–Trinajstić information content (AvgIpc) is 2.62. The van der Waals surface area contributed by atoms with Crippen molar-refractivity contribution in [3.8, 4) is 0 Å². The summed E-state index contributed by atoms with van der Waals surface area (Å²) in [7, 11) is 0. The molecule has 0 saturated heterocycles. The SMILES string of the molecule is C/C=C/C(=O)OC[C@@](F)(/C=[N+](\[O-])Cc1ccccc1)Cc1ccccc1. The standard InChI is InChI=1S/C21H22FNO3/c1-2-9-20(24)26-17-21(22,14-18-10-5-3-6-11-18)16-23(25)15-19-12-7-4-8-13-19/h2-13,16H,14-15,17H2,1H3/b9-2+,23-16-/t21-/m0/s1. The second-order valence-electron chi connectivity index (χ2n) is 5.99. The minimum Gasteiger partial charge on any atom is -0.624 e. The van der Waals surface area contributed by atoms with Crippen molar-refractivity contribution in [2.75, 3.05) is 6.61 Å². The number of ether oxygens (including phenoxy) is 1. The van der Waals surface area contributed by atoms with Crippen LogP contribution < -0.4 is 0 Å². The van der Waals surface area contributed by atoms with Crippen LogP contribution in [0, 0.1) is 5.21 Å². The first-order valence-electron chi connectivity index (χ1n) is 8.37. The van der Waals surface area contributed by atoms with Crippen molar-refractivity contribution in [3.63, 3.8) is 0 Å². The number of nitrogens with zero attached hydrogens (tertiary/aromatic N) is 1. The van der Waals surface area contributed by atoms with Gasteiger partial charge in [0.15, 0.2) is 12.8 Å². The first kappa shape index (κ1) is 19.4. The zero-order valence-electron chi connectivity index (χ0n) is 14.7. The number of hydrogen-bond acceptors (Lipinski definition) is 3. The Morgan fingerprint density at radius 3 is 2.27 bits per heavy atom. The molecule has 0 aromatic heterocycles. The van der Waals surface area contributed by atoms with Gasteiger partial charge in [-0.05, 0) is 12.5 Å². The molecule has 0 saturated carbocycles. The third-order valence-corrected chi connectivity index (χ3v) is 3.65. The molecular formula is C21H22FNO3. The molecular weight excluding hydrogens is 333 g/mol. The number of hydrogen-bond donors (Lipinski definition) is 0. The number of alkyl halides is 1. The third-order valence-electron chi connectivity index (χ3n) is 3.65. The zero-order valence-corrected chi connectivity index (χ0v) is 14.7. The maximum absolute atomic E-state index is 15.4. The molecule has 0 aliphatic carbocycles. The molecule has 2 aromatic carbocycles. The number of benzene rings is 2. The van der Waals surface area contributed by atoms with Crippen LogP contribution in [0.4, 0.5) is 4.39 Å². The van der Waals surface area contributed by atoms with Crippen LogP contribution in [0.5, 0.6) is 0 Å². The molecule has 0 radical (unpaired) electrons. The van der Waals surface area contributed by atoms with Crippen molar-refractivity contribution < 1.29 is 18.7 Å². The molecule has 0 heterocycles. The Bertz CT molecular complexity index is 759. The maximum Gasteiger partial charge on any atom is 0.330 e. The van der Waals surface area contributed by atoms with Gasteiger partial charge in [0.25, 0.3) is 0 Å². The summed E-state index contributed by atoms with van der Waals surface area (Å²) >= 11 is 0. The molecule has 1 atom stereocenters. The topological polar surface area (TPSA) is 52.4 Å². The van der Waals surface area contributed by atoms with Gasteiger partial charge >= 0.3 is 5.97 Å². The Morgan fingerprint density at radius 2 is 1.69 bits per heavy atom. The highest BCUT2D eigenvalue weighted by Crippen LogP contribution is 2.18. The van der Waals surface area contributed by atoms with Crippen LogP contribution in [0.25, 0.3) is 0 Å². The second-order valence-corrected chi connectivity index (χ2v) is 5.99. The molecule has 0 spiro atoms. The Balaban J connectivity index is 2.17. The smallest absolute Gasteiger partial charge is 0.330 e. The quantitative estimate of drug-likeness (QED) is 0.181. The van der Waals surface area contributed by atoms with Gasteiger partial charge in [0.05, 0.1) is 0 Å². The van der Waals surface area contributed by atoms with Gasteiger partial charge in [0.2, 0.25) is 5.67 Å². The lowest BCUT2D eigenvalue weighted by molar-refractivity contribution is -0.473. The minimum atomic E-state index is -2.10. The van der Waals surface area contributed by atoms with E-state index in [0.29, 0.717) is 10.3 Å². The fourth-order valence-electron chi connectivity index (χ4n) is 2.51. The predicted octanol–water partition coefficient (Wildman–Crippen LogP) is 3.84. The van der Waals surface area contributed by atoms with Crippen molar-refractivity contribution in [2.45, 2.75) is 25.6 Å². The van der Waals surface area contributed by atoms with Gasteiger partial charge in [-0.1, -0.05) is 66.7 Å². The monoisotopic (exact) mass is 355 g/mol. The van der Waals surface area contributed by atoms with Gasteiger partial charge in [-0.25, -0.2) is 13.9 Å².